The average Bonchev–Trinajstić information content (AvgIpc) is 3.11. The van der Waals surface area contributed by atoms with Crippen molar-refractivity contribution in [2.45, 2.75) is 20.1 Å². The van der Waals surface area contributed by atoms with Crippen molar-refractivity contribution in [2.75, 3.05) is 0 Å². The van der Waals surface area contributed by atoms with Gasteiger partial charge in [-0.1, -0.05) is 109 Å². The highest BCUT2D eigenvalue weighted by Gasteiger charge is 2.26. The highest BCUT2D eigenvalue weighted by molar-refractivity contribution is 6.01. The van der Waals surface area contributed by atoms with E-state index >= 15 is 0 Å². The molecular weight excluding hydrogens is 550 g/mol. The monoisotopic (exact) mass is 584 g/mol. The summed E-state index contributed by atoms with van der Waals surface area (Å²) in [5.74, 6) is 1.68. The van der Waals surface area contributed by atoms with Gasteiger partial charge in [0.15, 0.2) is 6.20 Å². The topological polar surface area (TPSA) is 22.3 Å². The number of nitrogens with zero attached hydrogens (tertiary/aromatic N) is 1. The quantitative estimate of drug-likeness (QED) is 0.158. The number of para-hydroxylation sites is 1. The Morgan fingerprint density at radius 1 is 0.489 bits per heavy atom. The fourth-order valence-corrected chi connectivity index (χ4v) is 5.80. The first-order valence-electron chi connectivity index (χ1n) is 15.3. The highest BCUT2D eigenvalue weighted by atomic mass is 16.5. The molecule has 0 spiro atoms. The second-order valence-electron chi connectivity index (χ2n) is 11.2. The summed E-state index contributed by atoms with van der Waals surface area (Å²) in [5, 5.41) is 2.37. The van der Waals surface area contributed by atoms with E-state index in [4.69, 9.17) is 9.47 Å². The molecule has 0 aliphatic rings. The van der Waals surface area contributed by atoms with E-state index in [-0.39, 0.29) is 0 Å². The summed E-state index contributed by atoms with van der Waals surface area (Å²) in [6.07, 6.45) is 2.26. The predicted molar refractivity (Wildman–Crippen MR) is 183 cm³/mol. The van der Waals surface area contributed by atoms with Crippen LogP contribution in [0.15, 0.2) is 164 Å². The van der Waals surface area contributed by atoms with E-state index in [1.807, 2.05) is 36.4 Å². The average molecular weight is 585 g/mol. The fourth-order valence-electron chi connectivity index (χ4n) is 5.80. The number of hydrogen-bond acceptors (Lipinski definition) is 2. The number of rotatable bonds is 9. The molecule has 1 aromatic heterocycles. The number of pyridine rings is 1. The molecule has 0 aliphatic carbocycles. The summed E-state index contributed by atoms with van der Waals surface area (Å²) in [7, 11) is 0. The molecule has 0 bridgehead atoms. The molecule has 218 valence electrons. The molecule has 0 saturated carbocycles. The molecule has 7 aromatic rings. The molecule has 3 nitrogen and oxygen atoms in total. The van der Waals surface area contributed by atoms with Gasteiger partial charge >= 0.3 is 0 Å². The normalized spacial score (nSPS) is 11.0. The lowest BCUT2D eigenvalue weighted by Gasteiger charge is -2.15. The Kier molecular flexibility index (Phi) is 8.07. The summed E-state index contributed by atoms with van der Waals surface area (Å²) < 4.78 is 14.6. The minimum atomic E-state index is 0.531. The van der Waals surface area contributed by atoms with Crippen LogP contribution >= 0.6 is 0 Å². The molecule has 0 N–H and O–H groups in total. The van der Waals surface area contributed by atoms with Crippen molar-refractivity contribution in [1.29, 1.82) is 0 Å². The van der Waals surface area contributed by atoms with Crippen molar-refractivity contribution >= 4 is 10.8 Å². The number of ether oxygens (including phenoxy) is 2. The zero-order valence-corrected chi connectivity index (χ0v) is 25.3. The van der Waals surface area contributed by atoms with Crippen molar-refractivity contribution in [2.24, 2.45) is 0 Å². The minimum absolute atomic E-state index is 0.531. The first-order valence-corrected chi connectivity index (χ1v) is 15.3. The number of fused-ring (bicyclic) bond motifs is 1. The Morgan fingerprint density at radius 3 is 1.60 bits per heavy atom. The van der Waals surface area contributed by atoms with Crippen LogP contribution in [0.1, 0.15) is 16.7 Å². The third kappa shape index (κ3) is 6.20. The molecular formula is C42H34NO2+. The minimum Gasteiger partial charge on any atom is -0.489 e. The smallest absolute Gasteiger partial charge is 0.226 e. The standard InChI is InChI=1S/C42H34NO2/c1-31-12-8-11-19-40(31)43-28-36-17-9-10-18-39(36)41(34-20-24-37(25-21-34)44-29-32-13-4-2-5-14-32)42(43)35-22-26-38(27-23-35)45-30-33-15-6-3-7-16-33/h2-28H,29-30H2,1H3/q+1. The van der Waals surface area contributed by atoms with Crippen LogP contribution in [0.25, 0.3) is 38.8 Å². The van der Waals surface area contributed by atoms with Crippen LogP contribution in [0, 0.1) is 6.92 Å². The van der Waals surface area contributed by atoms with Gasteiger partial charge in [0.2, 0.25) is 11.4 Å². The van der Waals surface area contributed by atoms with Gasteiger partial charge in [-0.05, 0) is 66.1 Å². The first kappa shape index (κ1) is 28.1. The molecule has 0 unspecified atom stereocenters. The molecule has 0 amide bonds. The SMILES string of the molecule is Cc1ccccc1-[n+]1cc2ccccc2c(-c2ccc(OCc3ccccc3)cc2)c1-c1ccc(OCc2ccccc2)cc1. The van der Waals surface area contributed by atoms with E-state index in [2.05, 4.69) is 139 Å². The van der Waals surface area contributed by atoms with Gasteiger partial charge < -0.3 is 9.47 Å². The van der Waals surface area contributed by atoms with Crippen LogP contribution in [-0.2, 0) is 13.2 Å². The Bertz CT molecular complexity index is 2030. The predicted octanol–water partition coefficient (Wildman–Crippen LogP) is 9.92. The second-order valence-corrected chi connectivity index (χ2v) is 11.2. The lowest BCUT2D eigenvalue weighted by atomic mass is 9.93. The maximum Gasteiger partial charge on any atom is 0.226 e. The van der Waals surface area contributed by atoms with Crippen molar-refractivity contribution in [3.63, 3.8) is 0 Å². The molecule has 1 heterocycles. The van der Waals surface area contributed by atoms with E-state index < -0.39 is 0 Å². The van der Waals surface area contributed by atoms with E-state index in [1.54, 1.807) is 0 Å². The second kappa shape index (κ2) is 12.9. The van der Waals surface area contributed by atoms with E-state index in [1.165, 1.54) is 21.9 Å². The number of aromatic nitrogens is 1. The zero-order chi connectivity index (χ0) is 30.4. The van der Waals surface area contributed by atoms with Gasteiger partial charge in [0.1, 0.15) is 24.7 Å². The maximum absolute atomic E-state index is 6.15. The van der Waals surface area contributed by atoms with Gasteiger partial charge in [-0.3, -0.25) is 0 Å². The summed E-state index contributed by atoms with van der Waals surface area (Å²) in [5.41, 5.74) is 9.17. The fraction of sp³-hybridized carbons (Fsp3) is 0.0714. The van der Waals surface area contributed by atoms with Crippen LogP contribution < -0.4 is 14.0 Å². The van der Waals surface area contributed by atoms with Gasteiger partial charge in [-0.15, -0.1) is 0 Å². The molecule has 6 aromatic carbocycles. The number of aryl methyl sites for hydroxylation is 1. The summed E-state index contributed by atoms with van der Waals surface area (Å²) in [4.78, 5) is 0. The van der Waals surface area contributed by atoms with Crippen LogP contribution in [0.2, 0.25) is 0 Å². The summed E-state index contributed by atoms with van der Waals surface area (Å²) >= 11 is 0. The van der Waals surface area contributed by atoms with Crippen LogP contribution in [-0.4, -0.2) is 0 Å². The first-order chi connectivity index (χ1) is 22.2. The van der Waals surface area contributed by atoms with Crippen molar-refractivity contribution in [3.05, 3.63) is 181 Å². The molecule has 3 heteroatoms. The van der Waals surface area contributed by atoms with Gasteiger partial charge in [0, 0.05) is 28.0 Å². The van der Waals surface area contributed by atoms with Crippen molar-refractivity contribution < 1.29 is 14.0 Å². The van der Waals surface area contributed by atoms with E-state index in [9.17, 15) is 0 Å². The maximum atomic E-state index is 6.15. The van der Waals surface area contributed by atoms with Crippen LogP contribution in [0.5, 0.6) is 11.5 Å². The number of hydrogen-bond donors (Lipinski definition) is 0. The third-order valence-electron chi connectivity index (χ3n) is 8.12. The lowest BCUT2D eigenvalue weighted by Crippen LogP contribution is -2.35. The Balaban J connectivity index is 1.33. The largest absolute Gasteiger partial charge is 0.489 e. The van der Waals surface area contributed by atoms with Gasteiger partial charge in [-0.2, -0.15) is 4.57 Å². The Hall–Kier alpha value is -5.67. The highest BCUT2D eigenvalue weighted by Crippen LogP contribution is 2.38. The zero-order valence-electron chi connectivity index (χ0n) is 25.3. The Morgan fingerprint density at radius 2 is 1.00 bits per heavy atom. The van der Waals surface area contributed by atoms with Crippen LogP contribution in [0.3, 0.4) is 0 Å². The molecule has 45 heavy (non-hydrogen) atoms. The lowest BCUT2D eigenvalue weighted by molar-refractivity contribution is -0.582. The van der Waals surface area contributed by atoms with Crippen molar-refractivity contribution in [1.82, 2.24) is 0 Å². The molecule has 7 rings (SSSR count). The summed E-state index contributed by atoms with van der Waals surface area (Å²) in [6, 6.07) is 54.7. The Labute approximate surface area is 264 Å². The van der Waals surface area contributed by atoms with E-state index in [0.717, 1.165) is 45.1 Å². The van der Waals surface area contributed by atoms with Crippen molar-refractivity contribution in [3.8, 4) is 39.6 Å². The van der Waals surface area contributed by atoms with Crippen LogP contribution in [0.4, 0.5) is 0 Å². The molecule has 0 fully saturated rings. The van der Waals surface area contributed by atoms with E-state index in [0.29, 0.717) is 13.2 Å². The van der Waals surface area contributed by atoms with Gasteiger partial charge in [0.25, 0.3) is 0 Å². The third-order valence-corrected chi connectivity index (χ3v) is 8.12. The molecule has 0 saturated heterocycles. The molecule has 0 aliphatic heterocycles. The van der Waals surface area contributed by atoms with Gasteiger partial charge in [-0.25, -0.2) is 0 Å². The van der Waals surface area contributed by atoms with Gasteiger partial charge in [0.05, 0.1) is 5.56 Å². The molecule has 0 atom stereocenters. The number of benzene rings is 6. The molecule has 0 radical (unpaired) electrons. The summed E-state index contributed by atoms with van der Waals surface area (Å²) in [6.45, 7) is 3.23.